The van der Waals surface area contributed by atoms with Crippen LogP contribution in [0.25, 0.3) is 22.3 Å². The minimum absolute atomic E-state index is 0.211. The van der Waals surface area contributed by atoms with E-state index in [1.165, 1.54) is 29.1 Å². The molecule has 0 fully saturated rings. The van der Waals surface area contributed by atoms with Crippen LogP contribution in [0.15, 0.2) is 52.1 Å². The summed E-state index contributed by atoms with van der Waals surface area (Å²) in [5, 5.41) is 11.0. The van der Waals surface area contributed by atoms with E-state index in [1.54, 1.807) is 0 Å². The first-order valence-electron chi connectivity index (χ1n) is 10.1. The van der Waals surface area contributed by atoms with Crippen LogP contribution in [0, 0.1) is 5.82 Å². The fourth-order valence-electron chi connectivity index (χ4n) is 4.11. The van der Waals surface area contributed by atoms with Crippen molar-refractivity contribution in [2.45, 2.75) is 43.6 Å². The first-order chi connectivity index (χ1) is 14.7. The summed E-state index contributed by atoms with van der Waals surface area (Å²) in [5.74, 6) is 1.18. The van der Waals surface area contributed by atoms with Gasteiger partial charge in [0.1, 0.15) is 5.82 Å². The first kappa shape index (κ1) is 19.7. The van der Waals surface area contributed by atoms with Crippen LogP contribution >= 0.6 is 27.7 Å². The second-order valence-electron chi connectivity index (χ2n) is 7.36. The van der Waals surface area contributed by atoms with E-state index in [1.807, 2.05) is 24.3 Å². The highest BCUT2D eigenvalue weighted by molar-refractivity contribution is 9.10. The lowest BCUT2D eigenvalue weighted by molar-refractivity contribution is 0.616. The summed E-state index contributed by atoms with van der Waals surface area (Å²) in [4.78, 5) is 4.89. The standard InChI is InChI=1S/C23H20BrFN4S/c1-2-29-22(27-28-23(29)30-13-14-10-11-15(24)12-18(14)25)21-16-6-3-4-8-19(16)26-20-9-5-7-17(20)21/h3-4,6,8,10-12H,2,5,7,9,13H2,1H3. The van der Waals surface area contributed by atoms with Gasteiger partial charge in [-0.25, -0.2) is 4.39 Å². The zero-order valence-electron chi connectivity index (χ0n) is 16.5. The predicted octanol–water partition coefficient (Wildman–Crippen LogP) is 6.20. The third kappa shape index (κ3) is 3.44. The summed E-state index contributed by atoms with van der Waals surface area (Å²) in [6.45, 7) is 2.85. The molecule has 1 aliphatic carbocycles. The Balaban J connectivity index is 1.57. The Labute approximate surface area is 187 Å². The molecule has 0 unspecified atom stereocenters. The second-order valence-corrected chi connectivity index (χ2v) is 9.22. The van der Waals surface area contributed by atoms with Crippen LogP contribution < -0.4 is 0 Å². The van der Waals surface area contributed by atoms with Crippen molar-refractivity contribution in [1.29, 1.82) is 0 Å². The molecule has 5 rings (SSSR count). The van der Waals surface area contributed by atoms with Crippen molar-refractivity contribution < 1.29 is 4.39 Å². The summed E-state index contributed by atoms with van der Waals surface area (Å²) in [6.07, 6.45) is 3.15. The molecule has 2 aromatic heterocycles. The van der Waals surface area contributed by atoms with Crippen LogP contribution in [0.4, 0.5) is 4.39 Å². The fraction of sp³-hybridized carbons (Fsp3) is 0.261. The van der Waals surface area contributed by atoms with Crippen molar-refractivity contribution in [2.75, 3.05) is 0 Å². The Hall–Kier alpha value is -2.25. The summed E-state index contributed by atoms with van der Waals surface area (Å²) >= 11 is 4.83. The highest BCUT2D eigenvalue weighted by Gasteiger charge is 2.24. The Kier molecular flexibility index (Phi) is 5.33. The average molecular weight is 483 g/mol. The largest absolute Gasteiger partial charge is 0.302 e. The van der Waals surface area contributed by atoms with E-state index >= 15 is 0 Å². The Morgan fingerprint density at radius 2 is 2.00 bits per heavy atom. The smallest absolute Gasteiger partial charge is 0.191 e. The van der Waals surface area contributed by atoms with Gasteiger partial charge < -0.3 is 4.57 Å². The number of aryl methyl sites for hydroxylation is 1. The number of thioether (sulfide) groups is 1. The molecule has 4 nitrogen and oxygen atoms in total. The van der Waals surface area contributed by atoms with E-state index in [9.17, 15) is 4.39 Å². The van der Waals surface area contributed by atoms with Crippen molar-refractivity contribution in [3.63, 3.8) is 0 Å². The number of aromatic nitrogens is 4. The van der Waals surface area contributed by atoms with E-state index in [4.69, 9.17) is 4.98 Å². The molecule has 0 spiro atoms. The van der Waals surface area contributed by atoms with E-state index in [2.05, 4.69) is 49.8 Å². The number of pyridine rings is 1. The van der Waals surface area contributed by atoms with E-state index in [-0.39, 0.29) is 5.82 Å². The quantitative estimate of drug-likeness (QED) is 0.317. The van der Waals surface area contributed by atoms with Crippen molar-refractivity contribution >= 4 is 38.6 Å². The van der Waals surface area contributed by atoms with Crippen LogP contribution in [-0.2, 0) is 25.1 Å². The molecular formula is C23H20BrFN4S. The molecule has 0 amide bonds. The lowest BCUT2D eigenvalue weighted by atomic mass is 10.0. The number of benzene rings is 2. The number of nitrogens with zero attached hydrogens (tertiary/aromatic N) is 4. The molecule has 0 bridgehead atoms. The van der Waals surface area contributed by atoms with Crippen LogP contribution in [-0.4, -0.2) is 19.7 Å². The van der Waals surface area contributed by atoms with Gasteiger partial charge in [0, 0.05) is 33.4 Å². The van der Waals surface area contributed by atoms with Gasteiger partial charge in [0.25, 0.3) is 0 Å². The van der Waals surface area contributed by atoms with E-state index in [0.29, 0.717) is 11.3 Å². The van der Waals surface area contributed by atoms with Crippen molar-refractivity contribution in [3.8, 4) is 11.4 Å². The van der Waals surface area contributed by atoms with Gasteiger partial charge in [-0.2, -0.15) is 0 Å². The molecule has 0 radical (unpaired) electrons. The number of fused-ring (bicyclic) bond motifs is 2. The maximum absolute atomic E-state index is 14.2. The van der Waals surface area contributed by atoms with Gasteiger partial charge >= 0.3 is 0 Å². The Morgan fingerprint density at radius 1 is 1.13 bits per heavy atom. The lowest BCUT2D eigenvalue weighted by Crippen LogP contribution is -2.04. The van der Waals surface area contributed by atoms with E-state index in [0.717, 1.165) is 57.7 Å². The molecule has 30 heavy (non-hydrogen) atoms. The molecule has 0 atom stereocenters. The SMILES string of the molecule is CCn1c(SCc2ccc(Br)cc2F)nnc1-c1c2c(nc3ccccc13)CCC2. The van der Waals surface area contributed by atoms with Gasteiger partial charge in [-0.05, 0) is 55.5 Å². The number of para-hydroxylation sites is 1. The molecule has 0 N–H and O–H groups in total. The molecule has 0 saturated heterocycles. The minimum Gasteiger partial charge on any atom is -0.302 e. The molecule has 1 aliphatic rings. The number of hydrogen-bond acceptors (Lipinski definition) is 4. The number of hydrogen-bond donors (Lipinski definition) is 0. The first-order valence-corrected chi connectivity index (χ1v) is 11.8. The third-order valence-electron chi connectivity index (χ3n) is 5.55. The van der Waals surface area contributed by atoms with Gasteiger partial charge in [-0.1, -0.05) is 52.0 Å². The normalized spacial score (nSPS) is 13.2. The van der Waals surface area contributed by atoms with Gasteiger partial charge in [-0.3, -0.25) is 4.98 Å². The maximum Gasteiger partial charge on any atom is 0.191 e. The summed E-state index contributed by atoms with van der Waals surface area (Å²) < 4.78 is 17.1. The molecule has 7 heteroatoms. The highest BCUT2D eigenvalue weighted by atomic mass is 79.9. The van der Waals surface area contributed by atoms with Gasteiger partial charge in [-0.15, -0.1) is 10.2 Å². The molecule has 0 aliphatic heterocycles. The average Bonchev–Trinajstić information content (AvgIpc) is 3.37. The molecule has 152 valence electrons. The second kappa shape index (κ2) is 8.12. The highest BCUT2D eigenvalue weighted by Crippen LogP contribution is 2.37. The third-order valence-corrected chi connectivity index (χ3v) is 7.06. The van der Waals surface area contributed by atoms with Gasteiger partial charge in [0.2, 0.25) is 0 Å². The molecule has 4 aromatic rings. The van der Waals surface area contributed by atoms with Crippen LogP contribution in [0.3, 0.4) is 0 Å². The molecular weight excluding hydrogens is 463 g/mol. The molecule has 2 aromatic carbocycles. The van der Waals surface area contributed by atoms with Crippen molar-refractivity contribution in [1.82, 2.24) is 19.7 Å². The summed E-state index contributed by atoms with van der Waals surface area (Å²) in [5.41, 5.74) is 5.30. The minimum atomic E-state index is -0.211. The van der Waals surface area contributed by atoms with E-state index < -0.39 is 0 Å². The Morgan fingerprint density at radius 3 is 2.83 bits per heavy atom. The van der Waals surface area contributed by atoms with Crippen LogP contribution in [0.2, 0.25) is 0 Å². The zero-order valence-corrected chi connectivity index (χ0v) is 18.9. The number of halogens is 2. The Bertz CT molecular complexity index is 1250. The number of rotatable bonds is 5. The monoisotopic (exact) mass is 482 g/mol. The van der Waals surface area contributed by atoms with Crippen LogP contribution in [0.1, 0.15) is 30.2 Å². The fourth-order valence-corrected chi connectivity index (χ4v) is 5.43. The van der Waals surface area contributed by atoms with Crippen LogP contribution in [0.5, 0.6) is 0 Å². The van der Waals surface area contributed by atoms with Crippen molar-refractivity contribution in [3.05, 3.63) is 69.6 Å². The van der Waals surface area contributed by atoms with Crippen molar-refractivity contribution in [2.24, 2.45) is 0 Å². The lowest BCUT2D eigenvalue weighted by Gasteiger charge is -2.13. The summed E-state index contributed by atoms with van der Waals surface area (Å²) in [6, 6.07) is 13.4. The van der Waals surface area contributed by atoms with Gasteiger partial charge in [0.15, 0.2) is 11.0 Å². The maximum atomic E-state index is 14.2. The zero-order chi connectivity index (χ0) is 20.7. The predicted molar refractivity (Wildman–Crippen MR) is 122 cm³/mol. The van der Waals surface area contributed by atoms with Gasteiger partial charge in [0.05, 0.1) is 5.52 Å². The molecule has 0 saturated carbocycles. The molecule has 2 heterocycles. The summed E-state index contributed by atoms with van der Waals surface area (Å²) in [7, 11) is 0. The topological polar surface area (TPSA) is 43.6 Å².